The average molecular weight is 517 g/mol. The lowest BCUT2D eigenvalue weighted by molar-refractivity contribution is 0.126. The van der Waals surface area contributed by atoms with E-state index in [4.69, 9.17) is 19.9 Å². The summed E-state index contributed by atoms with van der Waals surface area (Å²) in [7, 11) is 0. The summed E-state index contributed by atoms with van der Waals surface area (Å²) in [6.07, 6.45) is 3.96. The first-order valence-corrected chi connectivity index (χ1v) is 13.9. The Kier molecular flexibility index (Phi) is 7.11. The molecule has 1 aromatic carbocycles. The van der Waals surface area contributed by atoms with Gasteiger partial charge < -0.3 is 26.0 Å². The Balaban J connectivity index is 1.24. The Morgan fingerprint density at radius 3 is 2.57 bits per heavy atom. The summed E-state index contributed by atoms with van der Waals surface area (Å²) >= 11 is 1.54. The fraction of sp³-hybridized carbons (Fsp3) is 0.407. The van der Waals surface area contributed by atoms with Gasteiger partial charge in [-0.1, -0.05) is 41.7 Å². The highest BCUT2D eigenvalue weighted by Gasteiger charge is 2.21. The molecule has 1 aliphatic carbocycles. The molecule has 3 aromatic heterocycles. The van der Waals surface area contributed by atoms with Crippen LogP contribution in [-0.4, -0.2) is 63.4 Å². The van der Waals surface area contributed by atoms with Gasteiger partial charge in [0.15, 0.2) is 5.13 Å². The molecular formula is C27H32N8OS. The van der Waals surface area contributed by atoms with E-state index in [9.17, 15) is 5.11 Å². The van der Waals surface area contributed by atoms with Crippen molar-refractivity contribution in [3.63, 3.8) is 0 Å². The normalized spacial score (nSPS) is 20.2. The van der Waals surface area contributed by atoms with Crippen LogP contribution in [0.15, 0.2) is 48.5 Å². The second kappa shape index (κ2) is 11.0. The van der Waals surface area contributed by atoms with Crippen LogP contribution >= 0.6 is 11.3 Å². The highest BCUT2D eigenvalue weighted by atomic mass is 32.1. The molecule has 4 heterocycles. The van der Waals surface area contributed by atoms with E-state index in [0.29, 0.717) is 18.2 Å². The zero-order valence-corrected chi connectivity index (χ0v) is 21.5. The number of pyridine rings is 1. The predicted molar refractivity (Wildman–Crippen MR) is 149 cm³/mol. The number of fused-ring (bicyclic) bond motifs is 1. The van der Waals surface area contributed by atoms with Crippen molar-refractivity contribution in [1.82, 2.24) is 25.3 Å². The van der Waals surface area contributed by atoms with Gasteiger partial charge in [-0.2, -0.15) is 4.98 Å². The Morgan fingerprint density at radius 1 is 0.946 bits per heavy atom. The van der Waals surface area contributed by atoms with Gasteiger partial charge in [-0.3, -0.25) is 0 Å². The van der Waals surface area contributed by atoms with E-state index in [0.717, 1.165) is 78.9 Å². The third-order valence-electron chi connectivity index (χ3n) is 6.95. The molecule has 192 valence electrons. The first kappa shape index (κ1) is 24.0. The van der Waals surface area contributed by atoms with E-state index in [1.54, 1.807) is 0 Å². The molecule has 9 nitrogen and oxygen atoms in total. The number of benzene rings is 1. The number of aromatic nitrogens is 4. The van der Waals surface area contributed by atoms with Gasteiger partial charge in [-0.05, 0) is 43.4 Å². The number of piperazine rings is 1. The average Bonchev–Trinajstić information content (AvgIpc) is 3.32. The van der Waals surface area contributed by atoms with Crippen molar-refractivity contribution in [2.24, 2.45) is 0 Å². The SMILES string of the molecule is O[C@H]1CC[C@H](Nc2nc(Cc3ccccc3)cc(Nc3nc4ccc(N5CCNCC5)nc4s3)n2)CC1. The van der Waals surface area contributed by atoms with Crippen LogP contribution in [0.4, 0.5) is 22.7 Å². The van der Waals surface area contributed by atoms with Crippen LogP contribution in [0.1, 0.15) is 36.9 Å². The molecule has 0 radical (unpaired) electrons. The van der Waals surface area contributed by atoms with E-state index < -0.39 is 0 Å². The van der Waals surface area contributed by atoms with Crippen molar-refractivity contribution in [2.45, 2.75) is 44.2 Å². The second-order valence-electron chi connectivity index (χ2n) is 9.76. The molecule has 2 aliphatic rings. The number of aliphatic hydroxyl groups excluding tert-OH is 1. The summed E-state index contributed by atoms with van der Waals surface area (Å²) in [5.74, 6) is 2.32. The number of nitrogens with zero attached hydrogens (tertiary/aromatic N) is 5. The van der Waals surface area contributed by atoms with Crippen LogP contribution in [0.2, 0.25) is 0 Å². The van der Waals surface area contributed by atoms with Crippen molar-refractivity contribution in [2.75, 3.05) is 41.7 Å². The molecule has 37 heavy (non-hydrogen) atoms. The van der Waals surface area contributed by atoms with Gasteiger partial charge in [0.1, 0.15) is 22.0 Å². The molecule has 6 rings (SSSR count). The van der Waals surface area contributed by atoms with Gasteiger partial charge in [0.05, 0.1) is 11.8 Å². The topological polar surface area (TPSA) is 111 Å². The molecule has 1 saturated heterocycles. The smallest absolute Gasteiger partial charge is 0.225 e. The fourth-order valence-corrected chi connectivity index (χ4v) is 5.80. The summed E-state index contributed by atoms with van der Waals surface area (Å²) in [6, 6.07) is 16.7. The van der Waals surface area contributed by atoms with Crippen molar-refractivity contribution in [3.8, 4) is 0 Å². The molecule has 4 aromatic rings. The lowest BCUT2D eigenvalue weighted by Crippen LogP contribution is -2.43. The number of rotatable bonds is 7. The maximum atomic E-state index is 9.88. The van der Waals surface area contributed by atoms with Crippen LogP contribution < -0.4 is 20.9 Å². The minimum absolute atomic E-state index is 0.194. The molecule has 0 unspecified atom stereocenters. The Labute approximate surface area is 220 Å². The molecule has 4 N–H and O–H groups in total. The quantitative estimate of drug-likeness (QED) is 0.290. The summed E-state index contributed by atoms with van der Waals surface area (Å²) in [6.45, 7) is 3.88. The number of hydrogen-bond acceptors (Lipinski definition) is 10. The standard InChI is InChI=1S/C27H32N8OS/c36-21-8-6-19(7-9-21)29-26-30-20(16-18-4-2-1-3-5-18)17-23(32-26)33-27-31-22-10-11-24(34-25(22)37-27)35-14-12-28-13-15-35/h1-5,10-11,17,19,21,28,36H,6-9,12-16H2,(H2,29,30,31,32,33)/t19-,21-. The Morgan fingerprint density at radius 2 is 1.76 bits per heavy atom. The van der Waals surface area contributed by atoms with Crippen molar-refractivity contribution in [3.05, 3.63) is 59.8 Å². The molecule has 0 atom stereocenters. The molecular weight excluding hydrogens is 484 g/mol. The minimum Gasteiger partial charge on any atom is -0.393 e. The molecule has 2 fully saturated rings. The lowest BCUT2D eigenvalue weighted by atomic mass is 9.93. The van der Waals surface area contributed by atoms with Crippen LogP contribution in [0, 0.1) is 0 Å². The summed E-state index contributed by atoms with van der Waals surface area (Å²) in [5.41, 5.74) is 3.01. The molecule has 1 saturated carbocycles. The fourth-order valence-electron chi connectivity index (χ4n) is 4.96. The van der Waals surface area contributed by atoms with Crippen LogP contribution in [0.25, 0.3) is 10.3 Å². The third-order valence-corrected chi connectivity index (χ3v) is 7.83. The lowest BCUT2D eigenvalue weighted by Gasteiger charge is -2.28. The third kappa shape index (κ3) is 5.98. The van der Waals surface area contributed by atoms with Crippen LogP contribution in [0.3, 0.4) is 0 Å². The van der Waals surface area contributed by atoms with Gasteiger partial charge in [0, 0.05) is 44.7 Å². The highest BCUT2D eigenvalue weighted by molar-refractivity contribution is 7.21. The summed E-state index contributed by atoms with van der Waals surface area (Å²) < 4.78 is 0. The summed E-state index contributed by atoms with van der Waals surface area (Å²) in [4.78, 5) is 22.5. The van der Waals surface area contributed by atoms with Gasteiger partial charge in [0.25, 0.3) is 0 Å². The minimum atomic E-state index is -0.194. The molecule has 0 spiro atoms. The van der Waals surface area contributed by atoms with Crippen molar-refractivity contribution < 1.29 is 5.11 Å². The van der Waals surface area contributed by atoms with E-state index in [2.05, 4.69) is 39.0 Å². The van der Waals surface area contributed by atoms with Gasteiger partial charge >= 0.3 is 0 Å². The first-order chi connectivity index (χ1) is 18.2. The van der Waals surface area contributed by atoms with E-state index in [-0.39, 0.29) is 12.1 Å². The van der Waals surface area contributed by atoms with Gasteiger partial charge in [-0.15, -0.1) is 0 Å². The highest BCUT2D eigenvalue weighted by Crippen LogP contribution is 2.29. The summed E-state index contributed by atoms with van der Waals surface area (Å²) in [5, 5.41) is 20.9. The van der Waals surface area contributed by atoms with E-state index >= 15 is 0 Å². The predicted octanol–water partition coefficient (Wildman–Crippen LogP) is 3.94. The molecule has 0 bridgehead atoms. The molecule has 1 aliphatic heterocycles. The number of anilines is 4. The Bertz CT molecular complexity index is 1330. The second-order valence-corrected chi connectivity index (χ2v) is 10.7. The van der Waals surface area contributed by atoms with E-state index in [1.165, 1.54) is 16.9 Å². The number of aliphatic hydroxyl groups is 1. The zero-order chi connectivity index (χ0) is 25.0. The maximum absolute atomic E-state index is 9.88. The van der Waals surface area contributed by atoms with Crippen LogP contribution in [0.5, 0.6) is 0 Å². The van der Waals surface area contributed by atoms with Crippen molar-refractivity contribution in [1.29, 1.82) is 0 Å². The number of hydrogen-bond donors (Lipinski definition) is 4. The van der Waals surface area contributed by atoms with Gasteiger partial charge in [-0.25, -0.2) is 15.0 Å². The van der Waals surface area contributed by atoms with Crippen molar-refractivity contribution >= 4 is 44.4 Å². The maximum Gasteiger partial charge on any atom is 0.225 e. The largest absolute Gasteiger partial charge is 0.393 e. The molecule has 10 heteroatoms. The zero-order valence-electron chi connectivity index (χ0n) is 20.7. The monoisotopic (exact) mass is 516 g/mol. The number of nitrogens with one attached hydrogen (secondary N) is 3. The molecule has 0 amide bonds. The van der Waals surface area contributed by atoms with Crippen LogP contribution in [-0.2, 0) is 6.42 Å². The van der Waals surface area contributed by atoms with E-state index in [1.807, 2.05) is 30.3 Å². The first-order valence-electron chi connectivity index (χ1n) is 13.0. The Hall–Kier alpha value is -3.34. The number of thiazole rings is 1. The van der Waals surface area contributed by atoms with Gasteiger partial charge in [0.2, 0.25) is 5.95 Å².